The minimum Gasteiger partial charge on any atom is -0.444 e. The van der Waals surface area contributed by atoms with E-state index in [-0.39, 0.29) is 12.1 Å². The average molecular weight is 457 g/mol. The lowest BCUT2D eigenvalue weighted by molar-refractivity contribution is 0.0288. The van der Waals surface area contributed by atoms with Crippen LogP contribution in [0.15, 0.2) is 35.3 Å². The maximum absolute atomic E-state index is 12.3. The van der Waals surface area contributed by atoms with Crippen LogP contribution >= 0.6 is 15.9 Å². The Labute approximate surface area is 176 Å². The fraction of sp³-hybridized carbons (Fsp3) is 0.400. The van der Waals surface area contributed by atoms with Crippen molar-refractivity contribution in [3.8, 4) is 17.2 Å². The van der Waals surface area contributed by atoms with E-state index in [4.69, 9.17) is 4.74 Å². The van der Waals surface area contributed by atoms with Gasteiger partial charge in [0, 0.05) is 41.1 Å². The van der Waals surface area contributed by atoms with Gasteiger partial charge in [-0.25, -0.2) is 9.31 Å². The number of nitriles is 1. The van der Waals surface area contributed by atoms with Crippen LogP contribution in [-0.2, 0) is 4.74 Å². The van der Waals surface area contributed by atoms with Crippen molar-refractivity contribution in [3.05, 3.63) is 40.9 Å². The zero-order valence-corrected chi connectivity index (χ0v) is 18.0. The number of halogens is 1. The molecule has 1 unspecified atom stereocenters. The van der Waals surface area contributed by atoms with Crippen molar-refractivity contribution in [2.24, 2.45) is 0 Å². The summed E-state index contributed by atoms with van der Waals surface area (Å²) < 4.78 is 9.86. The number of aromatic nitrogens is 4. The molecule has 9 heteroatoms. The number of ether oxygens (including phenoxy) is 1. The van der Waals surface area contributed by atoms with Gasteiger partial charge in [0.1, 0.15) is 11.7 Å². The maximum Gasteiger partial charge on any atom is 0.410 e. The fourth-order valence-corrected chi connectivity index (χ4v) is 4.09. The summed E-state index contributed by atoms with van der Waals surface area (Å²) in [6.45, 7) is 6.82. The molecule has 150 valence electrons. The molecular weight excluding hydrogens is 436 g/mol. The second-order valence-electron chi connectivity index (χ2n) is 8.12. The monoisotopic (exact) mass is 456 g/mol. The standard InChI is InChI=1S/C20H21BrN6O2/c1-20(2,3)29-19(28)25-5-4-16(12-25)26-11-15(9-23-26)13-6-17(21)18-14(7-22)8-24-27(18)10-13/h6,8-11,16H,4-5,12H2,1-3H3. The second kappa shape index (κ2) is 7.19. The zero-order chi connectivity index (χ0) is 20.8. The van der Waals surface area contributed by atoms with Gasteiger partial charge in [-0.1, -0.05) is 0 Å². The van der Waals surface area contributed by atoms with Gasteiger partial charge in [-0.05, 0) is 49.2 Å². The SMILES string of the molecule is CC(C)(C)OC(=O)N1CCC(n2cc(-c3cc(Br)c4c(C#N)cnn4c3)cn2)C1. The number of pyridine rings is 1. The topological polar surface area (TPSA) is 88.5 Å². The van der Waals surface area contributed by atoms with Gasteiger partial charge in [0.2, 0.25) is 0 Å². The molecule has 0 radical (unpaired) electrons. The largest absolute Gasteiger partial charge is 0.444 e. The molecule has 1 saturated heterocycles. The predicted molar refractivity (Wildman–Crippen MR) is 110 cm³/mol. The predicted octanol–water partition coefficient (Wildman–Crippen LogP) is 4.01. The highest BCUT2D eigenvalue weighted by Gasteiger charge is 2.31. The van der Waals surface area contributed by atoms with Crippen molar-refractivity contribution >= 4 is 27.5 Å². The normalized spacial score (nSPS) is 16.9. The minimum absolute atomic E-state index is 0.110. The molecule has 1 fully saturated rings. The molecule has 1 atom stereocenters. The van der Waals surface area contributed by atoms with Crippen molar-refractivity contribution < 1.29 is 9.53 Å². The van der Waals surface area contributed by atoms with Gasteiger partial charge in [0.15, 0.2) is 0 Å². The summed E-state index contributed by atoms with van der Waals surface area (Å²) in [6.07, 6.45) is 7.76. The van der Waals surface area contributed by atoms with Crippen LogP contribution in [0.2, 0.25) is 0 Å². The van der Waals surface area contributed by atoms with E-state index in [1.54, 1.807) is 21.8 Å². The van der Waals surface area contributed by atoms with E-state index < -0.39 is 5.60 Å². The Morgan fingerprint density at radius 3 is 2.79 bits per heavy atom. The fourth-order valence-electron chi connectivity index (χ4n) is 3.45. The third kappa shape index (κ3) is 3.85. The summed E-state index contributed by atoms with van der Waals surface area (Å²) in [6, 6.07) is 4.21. The number of carbonyl (C=O) groups is 1. The maximum atomic E-state index is 12.3. The van der Waals surface area contributed by atoms with E-state index in [1.807, 2.05) is 43.9 Å². The summed E-state index contributed by atoms with van der Waals surface area (Å²) in [5, 5.41) is 18.0. The van der Waals surface area contributed by atoms with Gasteiger partial charge >= 0.3 is 6.09 Å². The Hall–Kier alpha value is -2.86. The molecule has 3 aromatic heterocycles. The lowest BCUT2D eigenvalue weighted by atomic mass is 10.1. The first-order valence-electron chi connectivity index (χ1n) is 9.34. The van der Waals surface area contributed by atoms with E-state index in [1.165, 1.54) is 0 Å². The highest BCUT2D eigenvalue weighted by atomic mass is 79.9. The smallest absolute Gasteiger partial charge is 0.410 e. The molecule has 0 aliphatic carbocycles. The lowest BCUT2D eigenvalue weighted by Crippen LogP contribution is -2.35. The van der Waals surface area contributed by atoms with Gasteiger partial charge in [-0.3, -0.25) is 4.68 Å². The highest BCUT2D eigenvalue weighted by molar-refractivity contribution is 9.10. The third-order valence-corrected chi connectivity index (χ3v) is 5.41. The number of hydrogen-bond acceptors (Lipinski definition) is 5. The van der Waals surface area contributed by atoms with E-state index in [0.29, 0.717) is 18.7 Å². The summed E-state index contributed by atoms with van der Waals surface area (Å²) in [5.74, 6) is 0. The number of hydrogen-bond donors (Lipinski definition) is 0. The number of likely N-dealkylation sites (tertiary alicyclic amines) is 1. The van der Waals surface area contributed by atoms with Crippen molar-refractivity contribution in [1.29, 1.82) is 5.26 Å². The molecule has 29 heavy (non-hydrogen) atoms. The quantitative estimate of drug-likeness (QED) is 0.580. The summed E-state index contributed by atoms with van der Waals surface area (Å²) in [7, 11) is 0. The minimum atomic E-state index is -0.502. The molecule has 8 nitrogen and oxygen atoms in total. The third-order valence-electron chi connectivity index (χ3n) is 4.81. The summed E-state index contributed by atoms with van der Waals surface area (Å²) in [4.78, 5) is 14.0. The van der Waals surface area contributed by atoms with E-state index in [2.05, 4.69) is 32.2 Å². The first-order chi connectivity index (χ1) is 13.7. The first kappa shape index (κ1) is 19.5. The van der Waals surface area contributed by atoms with Crippen molar-refractivity contribution in [3.63, 3.8) is 0 Å². The van der Waals surface area contributed by atoms with Crippen molar-refractivity contribution in [2.75, 3.05) is 13.1 Å². The van der Waals surface area contributed by atoms with Gasteiger partial charge in [0.25, 0.3) is 0 Å². The second-order valence-corrected chi connectivity index (χ2v) is 8.97. The van der Waals surface area contributed by atoms with Gasteiger partial charge < -0.3 is 9.64 Å². The van der Waals surface area contributed by atoms with E-state index >= 15 is 0 Å². The van der Waals surface area contributed by atoms with Gasteiger partial charge in [-0.15, -0.1) is 0 Å². The lowest BCUT2D eigenvalue weighted by Gasteiger charge is -2.24. The van der Waals surface area contributed by atoms with E-state index in [9.17, 15) is 10.1 Å². The number of fused-ring (bicyclic) bond motifs is 1. The number of rotatable bonds is 2. The molecule has 0 spiro atoms. The van der Waals surface area contributed by atoms with Crippen LogP contribution in [0, 0.1) is 11.3 Å². The molecule has 0 aromatic carbocycles. The van der Waals surface area contributed by atoms with Crippen LogP contribution < -0.4 is 0 Å². The number of amides is 1. The molecule has 1 amide bonds. The molecule has 0 N–H and O–H groups in total. The molecule has 4 heterocycles. The van der Waals surface area contributed by atoms with Gasteiger partial charge in [0.05, 0.1) is 29.5 Å². The Morgan fingerprint density at radius 1 is 1.28 bits per heavy atom. The molecule has 0 bridgehead atoms. The van der Waals surface area contributed by atoms with Gasteiger partial charge in [-0.2, -0.15) is 15.5 Å². The molecule has 1 aliphatic heterocycles. The van der Waals surface area contributed by atoms with Crippen LogP contribution in [-0.4, -0.2) is 49.1 Å². The zero-order valence-electron chi connectivity index (χ0n) is 16.5. The van der Waals surface area contributed by atoms with E-state index in [0.717, 1.165) is 27.5 Å². The summed E-state index contributed by atoms with van der Waals surface area (Å²) >= 11 is 3.54. The van der Waals surface area contributed by atoms with Crippen LogP contribution in [0.3, 0.4) is 0 Å². The molecule has 4 rings (SSSR count). The van der Waals surface area contributed by atoms with Crippen LogP contribution in [0.5, 0.6) is 0 Å². The molecule has 3 aromatic rings. The Bertz CT molecular complexity index is 1120. The Balaban J connectivity index is 1.53. The van der Waals surface area contributed by atoms with Crippen LogP contribution in [0.4, 0.5) is 4.79 Å². The Morgan fingerprint density at radius 2 is 2.07 bits per heavy atom. The number of carbonyl (C=O) groups excluding carboxylic acids is 1. The van der Waals surface area contributed by atoms with Crippen LogP contribution in [0.25, 0.3) is 16.6 Å². The van der Waals surface area contributed by atoms with Crippen molar-refractivity contribution in [1.82, 2.24) is 24.3 Å². The van der Waals surface area contributed by atoms with Crippen LogP contribution in [0.1, 0.15) is 38.8 Å². The molecular formula is C20H21BrN6O2. The molecule has 0 saturated carbocycles. The number of nitrogens with zero attached hydrogens (tertiary/aromatic N) is 6. The summed E-state index contributed by atoms with van der Waals surface area (Å²) in [5.41, 5.74) is 2.64. The Kier molecular flexibility index (Phi) is 4.82. The van der Waals surface area contributed by atoms with Crippen molar-refractivity contribution in [2.45, 2.75) is 38.8 Å². The highest BCUT2D eigenvalue weighted by Crippen LogP contribution is 2.30. The average Bonchev–Trinajstić information content (AvgIpc) is 3.38. The molecule has 1 aliphatic rings. The first-order valence-corrected chi connectivity index (χ1v) is 10.1.